The Labute approximate surface area is 129 Å². The van der Waals surface area contributed by atoms with Crippen LogP contribution in [0.1, 0.15) is 25.0 Å². The summed E-state index contributed by atoms with van der Waals surface area (Å²) in [4.78, 5) is 0.297. The van der Waals surface area contributed by atoms with Gasteiger partial charge in [0, 0.05) is 17.5 Å². The van der Waals surface area contributed by atoms with E-state index in [1.807, 2.05) is 39.0 Å². The van der Waals surface area contributed by atoms with Crippen molar-refractivity contribution >= 4 is 21.4 Å². The molecule has 1 aromatic heterocycles. The highest BCUT2D eigenvalue weighted by Gasteiger charge is 2.15. The summed E-state index contributed by atoms with van der Waals surface area (Å²) in [5, 5.41) is 3.36. The molecule has 1 heterocycles. The number of rotatable bonds is 6. The molecule has 4 nitrogen and oxygen atoms in total. The average Bonchev–Trinajstić information content (AvgIpc) is 2.91. The molecule has 0 saturated heterocycles. The zero-order valence-electron chi connectivity index (χ0n) is 12.3. The fourth-order valence-electron chi connectivity index (χ4n) is 1.83. The van der Waals surface area contributed by atoms with E-state index in [4.69, 9.17) is 4.74 Å². The van der Waals surface area contributed by atoms with Crippen LogP contribution in [-0.4, -0.2) is 14.5 Å². The molecule has 0 amide bonds. The Bertz CT molecular complexity index is 692. The van der Waals surface area contributed by atoms with Crippen molar-refractivity contribution < 1.29 is 13.2 Å². The first kappa shape index (κ1) is 16.0. The van der Waals surface area contributed by atoms with Gasteiger partial charge in [0.25, 0.3) is 0 Å². The lowest BCUT2D eigenvalue weighted by atomic mass is 10.1. The van der Waals surface area contributed by atoms with Gasteiger partial charge < -0.3 is 4.74 Å². The van der Waals surface area contributed by atoms with E-state index < -0.39 is 10.0 Å². The largest absolute Gasteiger partial charge is 0.491 e. The van der Waals surface area contributed by atoms with Crippen LogP contribution in [0.5, 0.6) is 5.75 Å². The molecule has 1 aromatic carbocycles. The lowest BCUT2D eigenvalue weighted by molar-refractivity contribution is 0.239. The number of benzene rings is 1. The van der Waals surface area contributed by atoms with Gasteiger partial charge in [-0.25, -0.2) is 13.1 Å². The molecule has 0 aliphatic heterocycles. The van der Waals surface area contributed by atoms with Gasteiger partial charge in [0.15, 0.2) is 0 Å². The summed E-state index contributed by atoms with van der Waals surface area (Å²) in [6.45, 7) is 6.08. The predicted octanol–water partition coefficient (Wildman–Crippen LogP) is 3.32. The van der Waals surface area contributed by atoms with Crippen molar-refractivity contribution in [3.63, 3.8) is 0 Å². The van der Waals surface area contributed by atoms with E-state index in [0.29, 0.717) is 4.90 Å². The lowest BCUT2D eigenvalue weighted by Crippen LogP contribution is -2.23. The molecule has 1 N–H and O–H groups in total. The molecule has 0 fully saturated rings. The van der Waals surface area contributed by atoms with Gasteiger partial charge in [0.1, 0.15) is 5.75 Å². The maximum Gasteiger partial charge on any atom is 0.241 e. The summed E-state index contributed by atoms with van der Waals surface area (Å²) in [7, 11) is -3.47. The molecule has 21 heavy (non-hydrogen) atoms. The third kappa shape index (κ3) is 4.30. The molecular weight excluding hydrogens is 306 g/mol. The summed E-state index contributed by atoms with van der Waals surface area (Å²) in [6, 6.07) is 7.35. The predicted molar refractivity (Wildman–Crippen MR) is 85.3 cm³/mol. The van der Waals surface area contributed by atoms with Crippen LogP contribution in [0.4, 0.5) is 0 Å². The number of nitrogens with one attached hydrogen (secondary N) is 1. The topological polar surface area (TPSA) is 55.4 Å². The minimum absolute atomic E-state index is 0.0408. The second-order valence-corrected chi connectivity index (χ2v) is 7.61. The molecule has 0 unspecified atom stereocenters. The third-order valence-electron chi connectivity index (χ3n) is 2.84. The molecular formula is C15H19NO3S2. The minimum atomic E-state index is -3.47. The number of hydrogen-bond donors (Lipinski definition) is 1. The molecule has 0 radical (unpaired) electrons. The van der Waals surface area contributed by atoms with Gasteiger partial charge in [0.05, 0.1) is 11.0 Å². The van der Waals surface area contributed by atoms with Crippen LogP contribution in [0.15, 0.2) is 39.9 Å². The maximum absolute atomic E-state index is 12.1. The number of aryl methyl sites for hydroxylation is 1. The van der Waals surface area contributed by atoms with Crippen molar-refractivity contribution in [1.82, 2.24) is 4.72 Å². The Kier molecular flexibility index (Phi) is 5.03. The van der Waals surface area contributed by atoms with Crippen molar-refractivity contribution in [3.8, 4) is 5.75 Å². The molecule has 0 saturated carbocycles. The molecule has 0 atom stereocenters. The van der Waals surface area contributed by atoms with E-state index in [1.165, 1.54) is 11.3 Å². The highest BCUT2D eigenvalue weighted by atomic mass is 32.2. The van der Waals surface area contributed by atoms with E-state index in [0.717, 1.165) is 16.9 Å². The second-order valence-electron chi connectivity index (χ2n) is 5.06. The standard InChI is InChI=1S/C15H19NO3S2/c1-11(2)19-15-8-12(3)4-5-13(15)9-16-21(17,18)14-6-7-20-10-14/h4-8,10-11,16H,9H2,1-3H3. The normalized spacial score (nSPS) is 11.8. The maximum atomic E-state index is 12.1. The molecule has 114 valence electrons. The van der Waals surface area contributed by atoms with Crippen LogP contribution in [0.25, 0.3) is 0 Å². The first-order valence-electron chi connectivity index (χ1n) is 6.66. The lowest BCUT2D eigenvalue weighted by Gasteiger charge is -2.15. The van der Waals surface area contributed by atoms with Gasteiger partial charge in [-0.2, -0.15) is 11.3 Å². The summed E-state index contributed by atoms with van der Waals surface area (Å²) in [5.41, 5.74) is 1.91. The van der Waals surface area contributed by atoms with E-state index in [2.05, 4.69) is 4.72 Å². The molecule has 0 spiro atoms. The fraction of sp³-hybridized carbons (Fsp3) is 0.333. The van der Waals surface area contributed by atoms with Crippen LogP contribution in [-0.2, 0) is 16.6 Å². The van der Waals surface area contributed by atoms with Gasteiger partial charge in [-0.15, -0.1) is 0 Å². The summed E-state index contributed by atoms with van der Waals surface area (Å²) in [6.07, 6.45) is 0.0408. The number of sulfonamides is 1. The fourth-order valence-corrected chi connectivity index (χ4v) is 3.87. The molecule has 0 aliphatic carbocycles. The Morgan fingerprint density at radius 2 is 2.05 bits per heavy atom. The van der Waals surface area contributed by atoms with Gasteiger partial charge in [-0.05, 0) is 43.8 Å². The third-order valence-corrected chi connectivity index (χ3v) is 5.07. The summed E-state index contributed by atoms with van der Waals surface area (Å²) >= 11 is 1.36. The smallest absolute Gasteiger partial charge is 0.241 e. The van der Waals surface area contributed by atoms with Crippen molar-refractivity contribution in [2.24, 2.45) is 0 Å². The SMILES string of the molecule is Cc1ccc(CNS(=O)(=O)c2ccsc2)c(OC(C)C)c1. The van der Waals surface area contributed by atoms with Crippen LogP contribution >= 0.6 is 11.3 Å². The quantitative estimate of drug-likeness (QED) is 0.886. The van der Waals surface area contributed by atoms with Crippen LogP contribution in [0.2, 0.25) is 0 Å². The summed E-state index contributed by atoms with van der Waals surface area (Å²) in [5.74, 6) is 0.720. The Balaban J connectivity index is 2.16. The molecule has 2 aromatic rings. The monoisotopic (exact) mass is 325 g/mol. The molecule has 0 aliphatic rings. The van der Waals surface area contributed by atoms with Crippen LogP contribution in [0, 0.1) is 6.92 Å². The highest BCUT2D eigenvalue weighted by Crippen LogP contribution is 2.22. The van der Waals surface area contributed by atoms with Gasteiger partial charge in [-0.1, -0.05) is 12.1 Å². The number of ether oxygens (including phenoxy) is 1. The number of thiophene rings is 1. The highest BCUT2D eigenvalue weighted by molar-refractivity contribution is 7.89. The Morgan fingerprint density at radius 3 is 2.67 bits per heavy atom. The zero-order valence-corrected chi connectivity index (χ0v) is 13.9. The zero-order chi connectivity index (χ0) is 15.5. The van der Waals surface area contributed by atoms with Gasteiger partial charge >= 0.3 is 0 Å². The van der Waals surface area contributed by atoms with Gasteiger partial charge in [0.2, 0.25) is 10.0 Å². The van der Waals surface area contributed by atoms with E-state index >= 15 is 0 Å². The first-order chi connectivity index (χ1) is 9.88. The van der Waals surface area contributed by atoms with E-state index in [-0.39, 0.29) is 12.6 Å². The molecule has 0 bridgehead atoms. The van der Waals surface area contributed by atoms with Crippen LogP contribution < -0.4 is 9.46 Å². The van der Waals surface area contributed by atoms with E-state index in [1.54, 1.807) is 16.8 Å². The first-order valence-corrected chi connectivity index (χ1v) is 9.09. The minimum Gasteiger partial charge on any atom is -0.491 e. The van der Waals surface area contributed by atoms with Crippen molar-refractivity contribution in [1.29, 1.82) is 0 Å². The average molecular weight is 325 g/mol. The van der Waals surface area contributed by atoms with Gasteiger partial charge in [-0.3, -0.25) is 0 Å². The second kappa shape index (κ2) is 6.60. The Morgan fingerprint density at radius 1 is 1.29 bits per heavy atom. The Hall–Kier alpha value is -1.37. The molecule has 6 heteroatoms. The van der Waals surface area contributed by atoms with Crippen LogP contribution in [0.3, 0.4) is 0 Å². The van der Waals surface area contributed by atoms with Crippen molar-refractivity contribution in [2.45, 2.75) is 38.3 Å². The number of hydrogen-bond acceptors (Lipinski definition) is 4. The van der Waals surface area contributed by atoms with Crippen molar-refractivity contribution in [3.05, 3.63) is 46.2 Å². The summed E-state index contributed by atoms with van der Waals surface area (Å²) < 4.78 is 32.6. The van der Waals surface area contributed by atoms with Crippen molar-refractivity contribution in [2.75, 3.05) is 0 Å². The van der Waals surface area contributed by atoms with E-state index in [9.17, 15) is 8.42 Å². The molecule has 2 rings (SSSR count).